The lowest BCUT2D eigenvalue weighted by Gasteiger charge is -2.00. The van der Waals surface area contributed by atoms with Crippen molar-refractivity contribution in [2.45, 2.75) is 0 Å². The molecule has 18 heavy (non-hydrogen) atoms. The van der Waals surface area contributed by atoms with Crippen molar-refractivity contribution in [2.24, 2.45) is 12.8 Å². The molecular formula is C12H11N5O. The first kappa shape index (κ1) is 10.5. The average Bonchev–Trinajstić information content (AvgIpc) is 2.91. The lowest BCUT2D eigenvalue weighted by molar-refractivity contribution is 0.0996. The number of benzene rings is 1. The molecule has 3 aromatic rings. The summed E-state index contributed by atoms with van der Waals surface area (Å²) in [5.41, 5.74) is 7.26. The molecule has 1 amide bonds. The summed E-state index contributed by atoms with van der Waals surface area (Å²) < 4.78 is 3.52. The van der Waals surface area contributed by atoms with Crippen molar-refractivity contribution in [1.82, 2.24) is 19.3 Å². The molecule has 0 bridgehead atoms. The molecule has 6 nitrogen and oxygen atoms in total. The van der Waals surface area contributed by atoms with Crippen LogP contribution in [0.15, 0.2) is 36.9 Å². The molecule has 1 aromatic carbocycles. The fourth-order valence-electron chi connectivity index (χ4n) is 1.89. The largest absolute Gasteiger partial charge is 0.364 e. The van der Waals surface area contributed by atoms with E-state index in [2.05, 4.69) is 10.1 Å². The van der Waals surface area contributed by atoms with E-state index in [0.29, 0.717) is 0 Å². The third kappa shape index (κ3) is 1.64. The zero-order valence-corrected chi connectivity index (χ0v) is 9.74. The van der Waals surface area contributed by atoms with Crippen molar-refractivity contribution < 1.29 is 4.79 Å². The molecule has 0 spiro atoms. The second-order valence-electron chi connectivity index (χ2n) is 4.08. The molecule has 0 atom stereocenters. The highest BCUT2D eigenvalue weighted by Gasteiger charge is 2.06. The molecule has 2 aromatic heterocycles. The van der Waals surface area contributed by atoms with E-state index in [0.717, 1.165) is 16.6 Å². The number of fused-ring (bicyclic) bond motifs is 1. The molecule has 0 saturated heterocycles. The van der Waals surface area contributed by atoms with Crippen LogP contribution in [0.25, 0.3) is 16.6 Å². The number of primary amides is 1. The van der Waals surface area contributed by atoms with Gasteiger partial charge in [-0.3, -0.25) is 9.48 Å². The summed E-state index contributed by atoms with van der Waals surface area (Å²) in [7, 11) is 1.88. The maximum absolute atomic E-state index is 11.0. The number of aromatic nitrogens is 4. The van der Waals surface area contributed by atoms with Gasteiger partial charge in [-0.1, -0.05) is 0 Å². The highest BCUT2D eigenvalue weighted by atomic mass is 16.1. The summed E-state index contributed by atoms with van der Waals surface area (Å²) in [5, 5.41) is 5.33. The molecule has 2 heterocycles. The lowest BCUT2D eigenvalue weighted by Crippen LogP contribution is -2.10. The summed E-state index contributed by atoms with van der Waals surface area (Å²) in [6.45, 7) is 0. The van der Waals surface area contributed by atoms with Gasteiger partial charge in [0.25, 0.3) is 5.91 Å². The SMILES string of the molecule is Cn1cc2cc(-n3cnc(C(N)=O)c3)ccc2n1. The van der Waals surface area contributed by atoms with Crippen molar-refractivity contribution in [2.75, 3.05) is 0 Å². The van der Waals surface area contributed by atoms with Crippen LogP contribution in [0.1, 0.15) is 10.5 Å². The maximum atomic E-state index is 11.0. The van der Waals surface area contributed by atoms with Gasteiger partial charge in [0.1, 0.15) is 12.0 Å². The van der Waals surface area contributed by atoms with Crippen LogP contribution in [-0.2, 0) is 7.05 Å². The fourth-order valence-corrected chi connectivity index (χ4v) is 1.89. The maximum Gasteiger partial charge on any atom is 0.268 e. The highest BCUT2D eigenvalue weighted by Crippen LogP contribution is 2.17. The smallest absolute Gasteiger partial charge is 0.268 e. The molecule has 0 radical (unpaired) electrons. The van der Waals surface area contributed by atoms with E-state index < -0.39 is 5.91 Å². The summed E-state index contributed by atoms with van der Waals surface area (Å²) in [5.74, 6) is -0.531. The predicted octanol–water partition coefficient (Wildman–Crippen LogP) is 0.858. The molecule has 0 aliphatic carbocycles. The van der Waals surface area contributed by atoms with Gasteiger partial charge in [0, 0.05) is 30.5 Å². The number of nitrogens with zero attached hydrogens (tertiary/aromatic N) is 4. The number of imidazole rings is 1. The van der Waals surface area contributed by atoms with Crippen LogP contribution >= 0.6 is 0 Å². The van der Waals surface area contributed by atoms with Crippen LogP contribution in [0, 0.1) is 0 Å². The zero-order valence-electron chi connectivity index (χ0n) is 9.74. The Morgan fingerprint density at radius 2 is 2.17 bits per heavy atom. The van der Waals surface area contributed by atoms with E-state index in [1.54, 1.807) is 21.8 Å². The molecule has 0 aliphatic heterocycles. The number of nitrogens with two attached hydrogens (primary N) is 1. The van der Waals surface area contributed by atoms with Crippen LogP contribution < -0.4 is 5.73 Å². The van der Waals surface area contributed by atoms with Crippen molar-refractivity contribution in [1.29, 1.82) is 0 Å². The summed E-state index contributed by atoms with van der Waals surface area (Å²) in [6, 6.07) is 5.82. The Morgan fingerprint density at radius 1 is 1.33 bits per heavy atom. The normalized spacial score (nSPS) is 10.9. The van der Waals surface area contributed by atoms with Gasteiger partial charge in [0.15, 0.2) is 0 Å². The number of aryl methyl sites for hydroxylation is 1. The van der Waals surface area contributed by atoms with Gasteiger partial charge >= 0.3 is 0 Å². The number of rotatable bonds is 2. The van der Waals surface area contributed by atoms with Crippen LogP contribution in [0.2, 0.25) is 0 Å². The van der Waals surface area contributed by atoms with E-state index in [1.165, 1.54) is 0 Å². The molecule has 3 rings (SSSR count). The number of amides is 1. The fraction of sp³-hybridized carbons (Fsp3) is 0.0833. The third-order valence-corrected chi connectivity index (χ3v) is 2.74. The van der Waals surface area contributed by atoms with Gasteiger partial charge in [0.05, 0.1) is 5.52 Å². The molecule has 2 N–H and O–H groups in total. The molecule has 0 saturated carbocycles. The second kappa shape index (κ2) is 3.69. The highest BCUT2D eigenvalue weighted by molar-refractivity contribution is 5.90. The van der Waals surface area contributed by atoms with Gasteiger partial charge in [-0.15, -0.1) is 0 Å². The Morgan fingerprint density at radius 3 is 2.89 bits per heavy atom. The molecule has 0 unspecified atom stereocenters. The molecule has 6 heteroatoms. The van der Waals surface area contributed by atoms with Gasteiger partial charge in [-0.2, -0.15) is 5.10 Å². The predicted molar refractivity (Wildman–Crippen MR) is 66.4 cm³/mol. The average molecular weight is 241 g/mol. The quantitative estimate of drug-likeness (QED) is 0.722. The van der Waals surface area contributed by atoms with E-state index in [9.17, 15) is 4.79 Å². The molecule has 90 valence electrons. The Bertz CT molecular complexity index is 740. The van der Waals surface area contributed by atoms with E-state index in [4.69, 9.17) is 5.73 Å². The first-order valence-corrected chi connectivity index (χ1v) is 5.41. The molecular weight excluding hydrogens is 230 g/mol. The minimum atomic E-state index is -0.531. The lowest BCUT2D eigenvalue weighted by atomic mass is 10.2. The Labute approximate surface area is 103 Å². The number of carbonyl (C=O) groups is 1. The van der Waals surface area contributed by atoms with Crippen molar-refractivity contribution in [3.63, 3.8) is 0 Å². The number of carbonyl (C=O) groups excluding carboxylic acids is 1. The summed E-state index contributed by atoms with van der Waals surface area (Å²) in [6.07, 6.45) is 5.11. The minimum Gasteiger partial charge on any atom is -0.364 e. The topological polar surface area (TPSA) is 78.7 Å². The standard InChI is InChI=1S/C12H11N5O/c1-16-5-8-4-9(2-3-10(8)15-16)17-6-11(12(13)18)14-7-17/h2-7H,1H3,(H2,13,18). The second-order valence-corrected chi connectivity index (χ2v) is 4.08. The van der Waals surface area contributed by atoms with Crippen molar-refractivity contribution >= 4 is 16.8 Å². The van der Waals surface area contributed by atoms with Gasteiger partial charge in [-0.05, 0) is 18.2 Å². The summed E-state index contributed by atoms with van der Waals surface area (Å²) >= 11 is 0. The van der Waals surface area contributed by atoms with Gasteiger partial charge < -0.3 is 10.3 Å². The van der Waals surface area contributed by atoms with E-state index in [-0.39, 0.29) is 5.69 Å². The van der Waals surface area contributed by atoms with Crippen LogP contribution in [0.4, 0.5) is 0 Å². The van der Waals surface area contributed by atoms with Crippen LogP contribution in [-0.4, -0.2) is 25.2 Å². The first-order valence-electron chi connectivity index (χ1n) is 5.41. The van der Waals surface area contributed by atoms with Gasteiger partial charge in [0.2, 0.25) is 0 Å². The Balaban J connectivity index is 2.09. The molecule has 0 aliphatic rings. The van der Waals surface area contributed by atoms with Gasteiger partial charge in [-0.25, -0.2) is 4.98 Å². The Hall–Kier alpha value is -2.63. The van der Waals surface area contributed by atoms with E-state index in [1.807, 2.05) is 31.4 Å². The minimum absolute atomic E-state index is 0.251. The summed E-state index contributed by atoms with van der Waals surface area (Å²) in [4.78, 5) is 14.9. The Kier molecular flexibility index (Phi) is 2.16. The first-order chi connectivity index (χ1) is 8.63. The van der Waals surface area contributed by atoms with Crippen molar-refractivity contribution in [3.05, 3.63) is 42.6 Å². The third-order valence-electron chi connectivity index (χ3n) is 2.74. The zero-order chi connectivity index (χ0) is 12.7. The number of hydrogen-bond acceptors (Lipinski definition) is 3. The van der Waals surface area contributed by atoms with E-state index >= 15 is 0 Å². The number of hydrogen-bond donors (Lipinski definition) is 1. The van der Waals surface area contributed by atoms with Crippen LogP contribution in [0.5, 0.6) is 0 Å². The monoisotopic (exact) mass is 241 g/mol. The van der Waals surface area contributed by atoms with Crippen molar-refractivity contribution in [3.8, 4) is 5.69 Å². The molecule has 0 fully saturated rings. The van der Waals surface area contributed by atoms with Crippen LogP contribution in [0.3, 0.4) is 0 Å².